The van der Waals surface area contributed by atoms with Gasteiger partial charge in [0.1, 0.15) is 5.00 Å². The average Bonchev–Trinajstić information content (AvgIpc) is 3.54. The Morgan fingerprint density at radius 1 is 0.895 bits per heavy atom. The molecule has 0 radical (unpaired) electrons. The van der Waals surface area contributed by atoms with Gasteiger partial charge in [-0.1, -0.05) is 83.6 Å². The molecule has 2 heterocycles. The second-order valence-electron chi connectivity index (χ2n) is 8.97. The fourth-order valence-corrected chi connectivity index (χ4v) is 5.39. The van der Waals surface area contributed by atoms with Crippen molar-refractivity contribution < 1.29 is 14.3 Å². The van der Waals surface area contributed by atoms with Gasteiger partial charge in [-0.15, -0.1) is 0 Å². The lowest BCUT2D eigenvalue weighted by Gasteiger charge is -2.13. The van der Waals surface area contributed by atoms with Crippen molar-refractivity contribution in [2.75, 3.05) is 12.1 Å². The molecule has 0 atom stereocenters. The van der Waals surface area contributed by atoms with Gasteiger partial charge < -0.3 is 19.4 Å². The predicted octanol–water partition coefficient (Wildman–Crippen LogP) is 6.79. The lowest BCUT2D eigenvalue weighted by atomic mass is 10.1. The molecule has 1 N–H and O–H groups in total. The molecular formula is C31H25N3O3S. The Hall–Kier alpha value is -4.62. The van der Waals surface area contributed by atoms with Crippen molar-refractivity contribution in [1.82, 2.24) is 4.57 Å². The fourth-order valence-electron chi connectivity index (χ4n) is 4.33. The number of carbonyl (C=O) groups is 1. The monoisotopic (exact) mass is 519 g/mol. The molecule has 6 nitrogen and oxygen atoms in total. The molecule has 188 valence electrons. The number of para-hydroxylation sites is 1. The van der Waals surface area contributed by atoms with E-state index in [0.717, 1.165) is 49.4 Å². The van der Waals surface area contributed by atoms with E-state index in [1.165, 1.54) is 11.3 Å². The maximum atomic E-state index is 13.2. The van der Waals surface area contributed by atoms with Crippen molar-refractivity contribution in [1.29, 1.82) is 0 Å². The first kappa shape index (κ1) is 23.8. The summed E-state index contributed by atoms with van der Waals surface area (Å²) in [4.78, 5) is 19.0. The van der Waals surface area contributed by atoms with E-state index in [1.807, 2.05) is 78.9 Å². The van der Waals surface area contributed by atoms with Crippen LogP contribution in [0.25, 0.3) is 11.3 Å². The van der Waals surface area contributed by atoms with Crippen LogP contribution in [0.5, 0.6) is 11.5 Å². The summed E-state index contributed by atoms with van der Waals surface area (Å²) in [6.45, 7) is 2.82. The third-order valence-corrected chi connectivity index (χ3v) is 7.25. The second-order valence-corrected chi connectivity index (χ2v) is 9.95. The summed E-state index contributed by atoms with van der Waals surface area (Å²) < 4.78 is 13.3. The van der Waals surface area contributed by atoms with Crippen molar-refractivity contribution in [2.45, 2.75) is 13.5 Å². The highest BCUT2D eigenvalue weighted by Crippen LogP contribution is 2.35. The highest BCUT2D eigenvalue weighted by molar-refractivity contribution is 7.14. The molecule has 5 aromatic rings. The third kappa shape index (κ3) is 4.96. The molecule has 1 amide bonds. The van der Waals surface area contributed by atoms with Gasteiger partial charge in [0.05, 0.1) is 17.9 Å². The number of thiazole rings is 1. The molecule has 0 fully saturated rings. The van der Waals surface area contributed by atoms with E-state index in [-0.39, 0.29) is 12.7 Å². The molecule has 38 heavy (non-hydrogen) atoms. The topological polar surface area (TPSA) is 64.9 Å². The van der Waals surface area contributed by atoms with E-state index in [9.17, 15) is 4.79 Å². The number of amides is 1. The van der Waals surface area contributed by atoms with Crippen LogP contribution < -0.4 is 19.6 Å². The maximum absolute atomic E-state index is 13.2. The first-order valence-electron chi connectivity index (χ1n) is 12.3. The average molecular weight is 520 g/mol. The van der Waals surface area contributed by atoms with Gasteiger partial charge in [0.15, 0.2) is 16.3 Å². The summed E-state index contributed by atoms with van der Waals surface area (Å²) in [6, 6.07) is 33.4. The Morgan fingerprint density at radius 2 is 1.61 bits per heavy atom. The van der Waals surface area contributed by atoms with E-state index in [4.69, 9.17) is 14.5 Å². The number of benzene rings is 4. The van der Waals surface area contributed by atoms with Crippen LogP contribution in [0.2, 0.25) is 0 Å². The molecule has 0 unspecified atom stereocenters. The van der Waals surface area contributed by atoms with Crippen LogP contribution in [0.1, 0.15) is 21.5 Å². The molecule has 1 aromatic heterocycles. The zero-order valence-electron chi connectivity index (χ0n) is 20.8. The Balaban J connectivity index is 1.52. The molecular weight excluding hydrogens is 494 g/mol. The second kappa shape index (κ2) is 10.4. The lowest BCUT2D eigenvalue weighted by molar-refractivity contribution is 0.102. The van der Waals surface area contributed by atoms with Crippen LogP contribution in [0.15, 0.2) is 108 Å². The molecule has 0 saturated carbocycles. The molecule has 4 aromatic carbocycles. The number of hydrogen-bond donors (Lipinski definition) is 1. The van der Waals surface area contributed by atoms with E-state index < -0.39 is 0 Å². The third-order valence-electron chi connectivity index (χ3n) is 6.26. The van der Waals surface area contributed by atoms with Gasteiger partial charge in [-0.25, -0.2) is 4.99 Å². The summed E-state index contributed by atoms with van der Waals surface area (Å²) in [5.74, 6) is 1.31. The first-order valence-corrected chi connectivity index (χ1v) is 13.1. The van der Waals surface area contributed by atoms with Crippen molar-refractivity contribution >= 4 is 27.9 Å². The highest BCUT2D eigenvalue weighted by Gasteiger charge is 2.20. The Morgan fingerprint density at radius 3 is 2.37 bits per heavy atom. The highest BCUT2D eigenvalue weighted by atomic mass is 32.1. The summed E-state index contributed by atoms with van der Waals surface area (Å²) in [6.07, 6.45) is 0. The summed E-state index contributed by atoms with van der Waals surface area (Å²) in [7, 11) is 0. The Kier molecular flexibility index (Phi) is 6.50. The van der Waals surface area contributed by atoms with Crippen LogP contribution in [0, 0.1) is 6.92 Å². The molecule has 7 heteroatoms. The van der Waals surface area contributed by atoms with Crippen molar-refractivity contribution in [3.05, 3.63) is 125 Å². The molecule has 0 saturated heterocycles. The number of aromatic nitrogens is 1. The first-order chi connectivity index (χ1) is 18.6. The Bertz CT molecular complexity index is 1660. The number of carbonyl (C=O) groups excluding carboxylic acids is 1. The summed E-state index contributed by atoms with van der Waals surface area (Å²) in [5.41, 5.74) is 5.52. The number of nitrogens with one attached hydrogen (secondary N) is 1. The van der Waals surface area contributed by atoms with Gasteiger partial charge >= 0.3 is 0 Å². The van der Waals surface area contributed by atoms with Crippen LogP contribution in [0.4, 0.5) is 10.7 Å². The van der Waals surface area contributed by atoms with Gasteiger partial charge in [0, 0.05) is 11.1 Å². The quantitative estimate of drug-likeness (QED) is 0.269. The Labute approximate surface area is 224 Å². The number of rotatable bonds is 6. The summed E-state index contributed by atoms with van der Waals surface area (Å²) in [5, 5.41) is 3.90. The molecule has 0 bridgehead atoms. The van der Waals surface area contributed by atoms with Gasteiger partial charge in [-0.3, -0.25) is 4.79 Å². The minimum Gasteiger partial charge on any atom is -0.454 e. The standard InChI is InChI=1S/C31H25N3O3S/c1-21-12-15-23(16-13-21)28-30(33-29(35)24-8-4-2-5-9-24)38-31(32-25-10-6-3-7-11-25)34(28)19-22-14-17-26-27(18-22)37-20-36-26/h2-18H,19-20H2,1H3,(H,33,35). The van der Waals surface area contributed by atoms with Crippen LogP contribution in [0.3, 0.4) is 0 Å². The number of fused-ring (bicyclic) bond motifs is 1. The lowest BCUT2D eigenvalue weighted by Crippen LogP contribution is -2.17. The molecule has 0 aliphatic carbocycles. The maximum Gasteiger partial charge on any atom is 0.256 e. The number of ether oxygens (including phenoxy) is 2. The van der Waals surface area contributed by atoms with E-state index in [2.05, 4.69) is 41.1 Å². The number of anilines is 1. The zero-order chi connectivity index (χ0) is 25.9. The van der Waals surface area contributed by atoms with E-state index in [1.54, 1.807) is 0 Å². The van der Waals surface area contributed by atoms with Crippen molar-refractivity contribution in [3.8, 4) is 22.8 Å². The normalized spacial score (nSPS) is 12.5. The van der Waals surface area contributed by atoms with E-state index in [0.29, 0.717) is 12.1 Å². The molecule has 6 rings (SSSR count). The van der Waals surface area contributed by atoms with Crippen LogP contribution >= 0.6 is 11.3 Å². The zero-order valence-corrected chi connectivity index (χ0v) is 21.6. The SMILES string of the molecule is Cc1ccc(-c2c(NC(=O)c3ccccc3)sc(=Nc3ccccc3)n2Cc2ccc3c(c2)OCO3)cc1. The van der Waals surface area contributed by atoms with E-state index >= 15 is 0 Å². The van der Waals surface area contributed by atoms with Crippen LogP contribution in [-0.4, -0.2) is 17.3 Å². The van der Waals surface area contributed by atoms with Gasteiger partial charge in [-0.2, -0.15) is 0 Å². The van der Waals surface area contributed by atoms with Crippen LogP contribution in [-0.2, 0) is 6.54 Å². The molecule has 1 aliphatic heterocycles. The minimum absolute atomic E-state index is 0.165. The van der Waals surface area contributed by atoms with Crippen molar-refractivity contribution in [3.63, 3.8) is 0 Å². The molecule has 0 spiro atoms. The molecule has 1 aliphatic rings. The van der Waals surface area contributed by atoms with Gasteiger partial charge in [-0.05, 0) is 48.9 Å². The number of hydrogen-bond acceptors (Lipinski definition) is 5. The smallest absolute Gasteiger partial charge is 0.256 e. The number of aryl methyl sites for hydroxylation is 1. The largest absolute Gasteiger partial charge is 0.454 e. The predicted molar refractivity (Wildman–Crippen MR) is 150 cm³/mol. The van der Waals surface area contributed by atoms with Gasteiger partial charge in [0.2, 0.25) is 6.79 Å². The minimum atomic E-state index is -0.165. The van der Waals surface area contributed by atoms with Gasteiger partial charge in [0.25, 0.3) is 5.91 Å². The van der Waals surface area contributed by atoms with Crippen molar-refractivity contribution in [2.24, 2.45) is 4.99 Å². The summed E-state index contributed by atoms with van der Waals surface area (Å²) >= 11 is 1.46. The fraction of sp³-hybridized carbons (Fsp3) is 0.0968. The number of nitrogens with zero attached hydrogens (tertiary/aromatic N) is 2.